The molecule has 0 radical (unpaired) electrons. The zero-order valence-corrected chi connectivity index (χ0v) is 14.3. The van der Waals surface area contributed by atoms with Crippen LogP contribution < -0.4 is 10.6 Å². The van der Waals surface area contributed by atoms with Crippen molar-refractivity contribution in [3.05, 3.63) is 35.4 Å². The molecule has 1 fully saturated rings. The van der Waals surface area contributed by atoms with Crippen LogP contribution in [0.1, 0.15) is 56.7 Å². The first-order valence-corrected chi connectivity index (χ1v) is 8.16. The number of benzene rings is 1. The zero-order valence-electron chi connectivity index (χ0n) is 13.5. The summed E-state index contributed by atoms with van der Waals surface area (Å²) >= 11 is 0. The van der Waals surface area contributed by atoms with Crippen molar-refractivity contribution in [1.29, 1.82) is 0 Å². The smallest absolute Gasteiger partial charge is 0.234 e. The third kappa shape index (κ3) is 4.02. The number of amides is 1. The zero-order chi connectivity index (χ0) is 14.9. The summed E-state index contributed by atoms with van der Waals surface area (Å²) in [7, 11) is 0. The Morgan fingerprint density at radius 1 is 1.23 bits per heavy atom. The molecule has 3 nitrogen and oxygen atoms in total. The van der Waals surface area contributed by atoms with Crippen LogP contribution in [0.2, 0.25) is 0 Å². The Morgan fingerprint density at radius 3 is 2.68 bits per heavy atom. The molecule has 22 heavy (non-hydrogen) atoms. The lowest BCUT2D eigenvalue weighted by Gasteiger charge is -2.37. The van der Waals surface area contributed by atoms with Gasteiger partial charge in [-0.1, -0.05) is 38.1 Å². The maximum atomic E-state index is 12.1. The van der Waals surface area contributed by atoms with Crippen LogP contribution in [0.5, 0.6) is 0 Å². The minimum Gasteiger partial charge on any atom is -0.348 e. The van der Waals surface area contributed by atoms with Gasteiger partial charge in [0.1, 0.15) is 0 Å². The molecule has 4 heteroatoms. The highest BCUT2D eigenvalue weighted by Crippen LogP contribution is 2.41. The van der Waals surface area contributed by atoms with Crippen molar-refractivity contribution in [2.75, 3.05) is 13.1 Å². The van der Waals surface area contributed by atoms with E-state index in [1.165, 1.54) is 24.0 Å². The lowest BCUT2D eigenvalue weighted by Crippen LogP contribution is -2.40. The summed E-state index contributed by atoms with van der Waals surface area (Å²) in [4.78, 5) is 12.1. The van der Waals surface area contributed by atoms with Crippen molar-refractivity contribution in [2.45, 2.75) is 51.0 Å². The molecule has 0 saturated heterocycles. The predicted molar refractivity (Wildman–Crippen MR) is 92.4 cm³/mol. The normalized spacial score (nSPS) is 22.4. The van der Waals surface area contributed by atoms with Crippen LogP contribution in [0.15, 0.2) is 24.3 Å². The van der Waals surface area contributed by atoms with E-state index in [1.807, 2.05) is 0 Å². The molecule has 3 rings (SSSR count). The maximum absolute atomic E-state index is 12.1. The van der Waals surface area contributed by atoms with Gasteiger partial charge in [-0.3, -0.25) is 4.79 Å². The van der Waals surface area contributed by atoms with Crippen molar-refractivity contribution >= 4 is 18.3 Å². The maximum Gasteiger partial charge on any atom is 0.234 e. The van der Waals surface area contributed by atoms with Gasteiger partial charge in [-0.2, -0.15) is 0 Å². The van der Waals surface area contributed by atoms with Crippen LogP contribution >= 0.6 is 12.4 Å². The average Bonchev–Trinajstić information content (AvgIpc) is 3.27. The molecule has 0 bridgehead atoms. The molecule has 2 aliphatic rings. The van der Waals surface area contributed by atoms with Gasteiger partial charge < -0.3 is 10.6 Å². The van der Waals surface area contributed by atoms with Gasteiger partial charge >= 0.3 is 0 Å². The summed E-state index contributed by atoms with van der Waals surface area (Å²) in [5.74, 6) is 0.934. The fourth-order valence-corrected chi connectivity index (χ4v) is 3.32. The Morgan fingerprint density at radius 2 is 1.95 bits per heavy atom. The van der Waals surface area contributed by atoms with Crippen molar-refractivity contribution in [2.24, 2.45) is 5.92 Å². The predicted octanol–water partition coefficient (Wildman–Crippen LogP) is 3.34. The fraction of sp³-hybridized carbons (Fsp3) is 0.611. The van der Waals surface area contributed by atoms with E-state index in [4.69, 9.17) is 0 Å². The first-order valence-electron chi connectivity index (χ1n) is 8.16. The van der Waals surface area contributed by atoms with Crippen molar-refractivity contribution < 1.29 is 4.79 Å². The number of hydrogen-bond acceptors (Lipinski definition) is 2. The molecular formula is C18H27ClN2O. The molecule has 1 unspecified atom stereocenters. The summed E-state index contributed by atoms with van der Waals surface area (Å²) < 4.78 is 0. The van der Waals surface area contributed by atoms with E-state index >= 15 is 0 Å². The molecule has 1 atom stereocenters. The van der Waals surface area contributed by atoms with Gasteiger partial charge in [0.2, 0.25) is 5.91 Å². The standard InChI is InChI=1S/C18H26N2O.ClH/c1-18(2)10-9-16(14-5-3-4-6-15(14)18)20-17(21)12-19-11-13-7-8-13;/h3-6,13,16,19H,7-12H2,1-2H3,(H,20,21);1H. The van der Waals surface area contributed by atoms with Crippen LogP contribution in [0.3, 0.4) is 0 Å². The molecule has 1 amide bonds. The highest BCUT2D eigenvalue weighted by Gasteiger charge is 2.32. The summed E-state index contributed by atoms with van der Waals surface area (Å²) in [5, 5.41) is 6.47. The number of halogens is 1. The SMILES string of the molecule is CC1(C)CCC(NC(=O)CNCC2CC2)c2ccccc21.Cl. The molecule has 0 aliphatic heterocycles. The largest absolute Gasteiger partial charge is 0.348 e. The Hall–Kier alpha value is -1.06. The molecule has 0 aromatic heterocycles. The lowest BCUT2D eigenvalue weighted by atomic mass is 9.71. The quantitative estimate of drug-likeness (QED) is 0.873. The minimum absolute atomic E-state index is 0. The van der Waals surface area contributed by atoms with E-state index in [0.29, 0.717) is 6.54 Å². The molecule has 1 aromatic carbocycles. The first-order chi connectivity index (χ1) is 10.1. The molecule has 0 heterocycles. The molecule has 0 spiro atoms. The second-order valence-corrected chi connectivity index (χ2v) is 7.20. The molecule has 2 aliphatic carbocycles. The fourth-order valence-electron chi connectivity index (χ4n) is 3.32. The Balaban J connectivity index is 0.00000176. The number of carbonyl (C=O) groups excluding carboxylic acids is 1. The van der Waals surface area contributed by atoms with Gasteiger partial charge in [0.05, 0.1) is 12.6 Å². The van der Waals surface area contributed by atoms with Crippen LogP contribution in [0.4, 0.5) is 0 Å². The number of nitrogens with one attached hydrogen (secondary N) is 2. The molecule has 1 saturated carbocycles. The van der Waals surface area contributed by atoms with E-state index in [1.54, 1.807) is 0 Å². The number of fused-ring (bicyclic) bond motifs is 1. The van der Waals surface area contributed by atoms with E-state index < -0.39 is 0 Å². The third-order valence-electron chi connectivity index (χ3n) is 4.87. The average molecular weight is 323 g/mol. The molecule has 1 aromatic rings. The van der Waals surface area contributed by atoms with Crippen molar-refractivity contribution in [3.63, 3.8) is 0 Å². The second kappa shape index (κ2) is 7.01. The molecular weight excluding hydrogens is 296 g/mol. The summed E-state index contributed by atoms with van der Waals surface area (Å²) in [6.07, 6.45) is 4.78. The van der Waals surface area contributed by atoms with Gasteiger partial charge in [0.25, 0.3) is 0 Å². The van der Waals surface area contributed by atoms with Crippen molar-refractivity contribution in [1.82, 2.24) is 10.6 Å². The summed E-state index contributed by atoms with van der Waals surface area (Å²) in [6, 6.07) is 8.72. The minimum atomic E-state index is 0. The van der Waals surface area contributed by atoms with Gasteiger partial charge in [-0.05, 0) is 54.7 Å². The van der Waals surface area contributed by atoms with Crippen LogP contribution in [-0.4, -0.2) is 19.0 Å². The summed E-state index contributed by atoms with van der Waals surface area (Å²) in [6.45, 7) is 6.02. The number of rotatable bonds is 5. The highest BCUT2D eigenvalue weighted by atomic mass is 35.5. The Bertz CT molecular complexity index is 526. The summed E-state index contributed by atoms with van der Waals surface area (Å²) in [5.41, 5.74) is 2.89. The van der Waals surface area contributed by atoms with E-state index in [2.05, 4.69) is 48.7 Å². The monoisotopic (exact) mass is 322 g/mol. The third-order valence-corrected chi connectivity index (χ3v) is 4.87. The molecule has 2 N–H and O–H groups in total. The molecule has 122 valence electrons. The first kappa shape index (κ1) is 17.3. The topological polar surface area (TPSA) is 41.1 Å². The Labute approximate surface area is 139 Å². The van der Waals surface area contributed by atoms with Crippen LogP contribution in [0, 0.1) is 5.92 Å². The van der Waals surface area contributed by atoms with Gasteiger partial charge in [-0.15, -0.1) is 12.4 Å². The van der Waals surface area contributed by atoms with Gasteiger partial charge in [0, 0.05) is 0 Å². The van der Waals surface area contributed by atoms with Gasteiger partial charge in [-0.25, -0.2) is 0 Å². The second-order valence-electron chi connectivity index (χ2n) is 7.20. The lowest BCUT2D eigenvalue weighted by molar-refractivity contribution is -0.121. The van der Waals surface area contributed by atoms with E-state index in [0.717, 1.165) is 25.3 Å². The highest BCUT2D eigenvalue weighted by molar-refractivity contribution is 5.85. The van der Waals surface area contributed by atoms with Crippen molar-refractivity contribution in [3.8, 4) is 0 Å². The Kier molecular flexibility index (Phi) is 5.51. The van der Waals surface area contributed by atoms with Crippen LogP contribution in [-0.2, 0) is 10.2 Å². The van der Waals surface area contributed by atoms with E-state index in [9.17, 15) is 4.79 Å². The van der Waals surface area contributed by atoms with E-state index in [-0.39, 0.29) is 29.8 Å². The van der Waals surface area contributed by atoms with Crippen LogP contribution in [0.25, 0.3) is 0 Å². The number of carbonyl (C=O) groups is 1. The van der Waals surface area contributed by atoms with Gasteiger partial charge in [0.15, 0.2) is 0 Å². The number of hydrogen-bond donors (Lipinski definition) is 2.